The van der Waals surface area contributed by atoms with Crippen molar-refractivity contribution in [1.82, 2.24) is 15.2 Å². The molecule has 1 aromatic carbocycles. The van der Waals surface area contributed by atoms with E-state index < -0.39 is 10.0 Å². The number of rotatable bonds is 5. The van der Waals surface area contributed by atoms with Crippen molar-refractivity contribution in [2.45, 2.75) is 25.2 Å². The number of halogens is 1. The van der Waals surface area contributed by atoms with Gasteiger partial charge in [-0.1, -0.05) is 13.0 Å². The van der Waals surface area contributed by atoms with E-state index in [0.29, 0.717) is 28.2 Å². The van der Waals surface area contributed by atoms with E-state index in [1.54, 1.807) is 6.07 Å². The van der Waals surface area contributed by atoms with E-state index in [1.165, 1.54) is 12.3 Å². The molecule has 9 heteroatoms. The first-order valence-corrected chi connectivity index (χ1v) is 9.47. The maximum atomic E-state index is 12.5. The number of hydrogen-bond acceptors (Lipinski definition) is 5. The molecule has 2 aromatic heterocycles. The highest BCUT2D eigenvalue weighted by Gasteiger charge is 2.19. The molecule has 0 fully saturated rings. The van der Waals surface area contributed by atoms with Crippen molar-refractivity contribution in [3.63, 3.8) is 0 Å². The highest BCUT2D eigenvalue weighted by molar-refractivity contribution is 9.10. The molecule has 0 saturated heterocycles. The maximum absolute atomic E-state index is 12.5. The van der Waals surface area contributed by atoms with Crippen LogP contribution >= 0.6 is 15.9 Å². The number of aryl methyl sites for hydroxylation is 2. The van der Waals surface area contributed by atoms with Crippen molar-refractivity contribution < 1.29 is 12.8 Å². The van der Waals surface area contributed by atoms with Gasteiger partial charge in [-0.05, 0) is 46.6 Å². The minimum Gasteiger partial charge on any atom is -0.419 e. The van der Waals surface area contributed by atoms with Gasteiger partial charge in [0.25, 0.3) is 15.9 Å². The first-order valence-electron chi connectivity index (χ1n) is 7.19. The lowest BCUT2D eigenvalue weighted by Crippen LogP contribution is -2.12. The molecular formula is C15H15BrN4O3S. The zero-order valence-corrected chi connectivity index (χ0v) is 15.4. The lowest BCUT2D eigenvalue weighted by Gasteiger charge is -2.08. The van der Waals surface area contributed by atoms with Crippen molar-refractivity contribution in [2.75, 3.05) is 4.72 Å². The molecule has 3 rings (SSSR count). The van der Waals surface area contributed by atoms with Gasteiger partial charge >= 0.3 is 0 Å². The van der Waals surface area contributed by atoms with Gasteiger partial charge in [0.15, 0.2) is 0 Å². The Morgan fingerprint density at radius 2 is 2.08 bits per heavy atom. The number of aromatic amines is 1. The Kier molecular flexibility index (Phi) is 4.46. The Hall–Kier alpha value is -2.13. The SMILES string of the molecule is CCc1nnc(-c2cc(S(=O)(=O)Nc3ccc(C)cc3Br)c[nH]2)o1. The zero-order chi connectivity index (χ0) is 17.3. The van der Waals surface area contributed by atoms with Crippen LogP contribution in [0.5, 0.6) is 0 Å². The van der Waals surface area contributed by atoms with Crippen LogP contribution in [0.4, 0.5) is 5.69 Å². The molecule has 0 amide bonds. The number of nitrogens with one attached hydrogen (secondary N) is 2. The minimum atomic E-state index is -3.74. The van der Waals surface area contributed by atoms with E-state index in [9.17, 15) is 8.42 Å². The maximum Gasteiger partial charge on any atom is 0.264 e. The van der Waals surface area contributed by atoms with E-state index in [1.807, 2.05) is 26.0 Å². The molecule has 0 unspecified atom stereocenters. The number of H-pyrrole nitrogens is 1. The first kappa shape index (κ1) is 16.7. The number of sulfonamides is 1. The molecule has 0 aliphatic carbocycles. The third-order valence-electron chi connectivity index (χ3n) is 3.34. The number of anilines is 1. The average molecular weight is 411 g/mol. The summed E-state index contributed by atoms with van der Waals surface area (Å²) in [5.74, 6) is 0.746. The average Bonchev–Trinajstić information content (AvgIpc) is 3.18. The van der Waals surface area contributed by atoms with Crippen LogP contribution in [0.3, 0.4) is 0 Å². The van der Waals surface area contributed by atoms with Crippen LogP contribution in [-0.4, -0.2) is 23.6 Å². The van der Waals surface area contributed by atoms with Crippen molar-refractivity contribution in [3.8, 4) is 11.6 Å². The summed E-state index contributed by atoms with van der Waals surface area (Å²) < 4.78 is 33.7. The van der Waals surface area contributed by atoms with Crippen LogP contribution in [0.1, 0.15) is 18.4 Å². The van der Waals surface area contributed by atoms with E-state index >= 15 is 0 Å². The highest BCUT2D eigenvalue weighted by atomic mass is 79.9. The fourth-order valence-corrected chi connectivity index (χ4v) is 3.86. The Balaban J connectivity index is 1.87. The van der Waals surface area contributed by atoms with Gasteiger partial charge in [-0.15, -0.1) is 10.2 Å². The monoisotopic (exact) mass is 410 g/mol. The lowest BCUT2D eigenvalue weighted by molar-refractivity contribution is 0.511. The van der Waals surface area contributed by atoms with E-state index in [2.05, 4.69) is 35.8 Å². The topological polar surface area (TPSA) is 101 Å². The molecule has 0 atom stereocenters. The second kappa shape index (κ2) is 6.40. The lowest BCUT2D eigenvalue weighted by atomic mass is 10.2. The number of nitrogens with zero attached hydrogens (tertiary/aromatic N) is 2. The van der Waals surface area contributed by atoms with Crippen LogP contribution in [0.2, 0.25) is 0 Å². The Labute approximate surface area is 147 Å². The molecule has 24 heavy (non-hydrogen) atoms. The molecule has 0 radical (unpaired) electrons. The predicted molar refractivity (Wildman–Crippen MR) is 93.2 cm³/mol. The fraction of sp³-hybridized carbons (Fsp3) is 0.200. The Morgan fingerprint density at radius 3 is 2.75 bits per heavy atom. The van der Waals surface area contributed by atoms with E-state index in [0.717, 1.165) is 5.56 Å². The molecule has 0 spiro atoms. The molecule has 0 aliphatic heterocycles. The molecule has 0 aliphatic rings. The van der Waals surface area contributed by atoms with Crippen molar-refractivity contribution in [1.29, 1.82) is 0 Å². The van der Waals surface area contributed by atoms with Crippen LogP contribution < -0.4 is 4.72 Å². The van der Waals surface area contributed by atoms with Gasteiger partial charge in [0.1, 0.15) is 10.6 Å². The molecule has 0 saturated carbocycles. The van der Waals surface area contributed by atoms with Gasteiger partial charge in [0.2, 0.25) is 5.89 Å². The summed E-state index contributed by atoms with van der Waals surface area (Å²) >= 11 is 3.36. The summed E-state index contributed by atoms with van der Waals surface area (Å²) in [6.07, 6.45) is 2.00. The van der Waals surface area contributed by atoms with Gasteiger partial charge in [0, 0.05) is 17.1 Å². The quantitative estimate of drug-likeness (QED) is 0.669. The second-order valence-corrected chi connectivity index (χ2v) is 7.73. The molecule has 7 nitrogen and oxygen atoms in total. The molecule has 2 N–H and O–H groups in total. The fourth-order valence-electron chi connectivity index (χ4n) is 2.07. The van der Waals surface area contributed by atoms with E-state index in [4.69, 9.17) is 4.42 Å². The highest BCUT2D eigenvalue weighted by Crippen LogP contribution is 2.27. The summed E-state index contributed by atoms with van der Waals surface area (Å²) in [7, 11) is -3.74. The summed E-state index contributed by atoms with van der Waals surface area (Å²) in [4.78, 5) is 2.93. The number of benzene rings is 1. The molecular weight excluding hydrogens is 396 g/mol. The van der Waals surface area contributed by atoms with Crippen LogP contribution in [0.25, 0.3) is 11.6 Å². The molecule has 126 valence electrons. The van der Waals surface area contributed by atoms with Crippen LogP contribution in [0, 0.1) is 6.92 Å². The summed E-state index contributed by atoms with van der Waals surface area (Å²) in [6, 6.07) is 6.83. The summed E-state index contributed by atoms with van der Waals surface area (Å²) in [5.41, 5.74) is 1.94. The van der Waals surface area contributed by atoms with Crippen molar-refractivity contribution in [3.05, 3.63) is 46.4 Å². The summed E-state index contributed by atoms with van der Waals surface area (Å²) in [5, 5.41) is 7.75. The molecule has 2 heterocycles. The molecule has 0 bridgehead atoms. The Morgan fingerprint density at radius 1 is 1.29 bits per heavy atom. The van der Waals surface area contributed by atoms with Gasteiger partial charge in [-0.25, -0.2) is 8.42 Å². The summed E-state index contributed by atoms with van der Waals surface area (Å²) in [6.45, 7) is 3.82. The smallest absolute Gasteiger partial charge is 0.264 e. The largest absolute Gasteiger partial charge is 0.419 e. The number of aromatic nitrogens is 3. The predicted octanol–water partition coefficient (Wildman–Crippen LogP) is 3.50. The zero-order valence-electron chi connectivity index (χ0n) is 13.0. The van der Waals surface area contributed by atoms with Gasteiger partial charge in [0.05, 0.1) is 5.69 Å². The van der Waals surface area contributed by atoms with Crippen molar-refractivity contribution >= 4 is 31.6 Å². The third kappa shape index (κ3) is 3.36. The normalized spacial score (nSPS) is 11.6. The van der Waals surface area contributed by atoms with Gasteiger partial charge in [-0.2, -0.15) is 0 Å². The first-order chi connectivity index (χ1) is 11.4. The Bertz CT molecular complexity index is 978. The third-order valence-corrected chi connectivity index (χ3v) is 5.34. The standard InChI is InChI=1S/C15H15BrN4O3S/c1-3-14-18-19-15(23-14)13-7-10(8-17-13)24(21,22)20-12-5-4-9(2)6-11(12)16/h4-8,17,20H,3H2,1-2H3. The molecule has 3 aromatic rings. The second-order valence-electron chi connectivity index (χ2n) is 5.19. The van der Waals surface area contributed by atoms with Crippen LogP contribution in [0.15, 0.2) is 44.2 Å². The van der Waals surface area contributed by atoms with Crippen molar-refractivity contribution in [2.24, 2.45) is 0 Å². The van der Waals surface area contributed by atoms with E-state index in [-0.39, 0.29) is 10.8 Å². The number of hydrogen-bond donors (Lipinski definition) is 2. The van der Waals surface area contributed by atoms with Gasteiger partial charge < -0.3 is 9.40 Å². The van der Waals surface area contributed by atoms with Gasteiger partial charge in [-0.3, -0.25) is 4.72 Å². The van der Waals surface area contributed by atoms with Crippen LogP contribution in [-0.2, 0) is 16.4 Å². The minimum absolute atomic E-state index is 0.0845.